The zero-order valence-electron chi connectivity index (χ0n) is 13.6. The number of guanidine groups is 1. The Morgan fingerprint density at radius 3 is 2.80 bits per heavy atom. The number of halogens is 1. The van der Waals surface area contributed by atoms with Gasteiger partial charge in [0.05, 0.1) is 24.9 Å². The van der Waals surface area contributed by atoms with Crippen LogP contribution in [0.5, 0.6) is 5.75 Å². The molecular weight excluding hydrogens is 339 g/mol. The van der Waals surface area contributed by atoms with E-state index in [4.69, 9.17) is 10.5 Å². The zero-order chi connectivity index (χ0) is 17.6. The molecule has 0 fully saturated rings. The molecule has 5 nitrogen and oxygen atoms in total. The molecule has 3 rings (SSSR count). The van der Waals surface area contributed by atoms with Crippen LogP contribution in [-0.2, 0) is 6.54 Å². The number of nitrogens with two attached hydrogens (primary N) is 1. The van der Waals surface area contributed by atoms with Gasteiger partial charge in [0.2, 0.25) is 0 Å². The van der Waals surface area contributed by atoms with Gasteiger partial charge in [0, 0.05) is 10.9 Å². The first-order chi connectivity index (χ1) is 12.2. The van der Waals surface area contributed by atoms with Gasteiger partial charge in [-0.2, -0.15) is 0 Å². The molecule has 0 unspecified atom stereocenters. The van der Waals surface area contributed by atoms with Crippen LogP contribution in [0.2, 0.25) is 0 Å². The van der Waals surface area contributed by atoms with Crippen molar-refractivity contribution < 1.29 is 9.13 Å². The molecule has 0 aliphatic rings. The third-order valence-electron chi connectivity index (χ3n) is 3.51. The molecule has 1 aromatic heterocycles. The van der Waals surface area contributed by atoms with Crippen LogP contribution in [0.15, 0.2) is 58.9 Å². The summed E-state index contributed by atoms with van der Waals surface area (Å²) in [6.07, 6.45) is 0. The fraction of sp³-hybridized carbons (Fsp3) is 0.111. The molecule has 0 aliphatic heterocycles. The van der Waals surface area contributed by atoms with Gasteiger partial charge in [-0.25, -0.2) is 14.4 Å². The number of aliphatic imine (C=N–C) groups is 1. The van der Waals surface area contributed by atoms with Gasteiger partial charge < -0.3 is 15.8 Å². The Labute approximate surface area is 149 Å². The van der Waals surface area contributed by atoms with Crippen molar-refractivity contribution in [3.8, 4) is 17.0 Å². The molecule has 1 heterocycles. The first kappa shape index (κ1) is 16.9. The SMILES string of the molecule is COc1cccc(F)c1CN=C(N)Nc1nc(-c2ccccc2)cs1. The summed E-state index contributed by atoms with van der Waals surface area (Å²) in [6.45, 7) is 0.0750. The highest BCUT2D eigenvalue weighted by Gasteiger charge is 2.09. The molecule has 7 heteroatoms. The molecule has 0 saturated carbocycles. The quantitative estimate of drug-likeness (QED) is 0.537. The average molecular weight is 356 g/mol. The summed E-state index contributed by atoms with van der Waals surface area (Å²) in [7, 11) is 1.49. The van der Waals surface area contributed by atoms with Crippen molar-refractivity contribution in [1.82, 2.24) is 4.98 Å². The van der Waals surface area contributed by atoms with Gasteiger partial charge in [-0.05, 0) is 12.1 Å². The first-order valence-electron chi connectivity index (χ1n) is 7.56. The van der Waals surface area contributed by atoms with E-state index in [1.807, 2.05) is 35.7 Å². The van der Waals surface area contributed by atoms with E-state index in [2.05, 4.69) is 15.3 Å². The lowest BCUT2D eigenvalue weighted by Crippen LogP contribution is -2.22. The van der Waals surface area contributed by atoms with Crippen molar-refractivity contribution in [1.29, 1.82) is 0 Å². The summed E-state index contributed by atoms with van der Waals surface area (Å²) in [5.74, 6) is 0.230. The molecule has 2 aromatic carbocycles. The van der Waals surface area contributed by atoms with Gasteiger partial charge in [-0.15, -0.1) is 11.3 Å². The van der Waals surface area contributed by atoms with E-state index in [1.54, 1.807) is 12.1 Å². The van der Waals surface area contributed by atoms with Crippen molar-refractivity contribution in [2.45, 2.75) is 6.54 Å². The number of hydrogen-bond acceptors (Lipinski definition) is 4. The van der Waals surface area contributed by atoms with E-state index in [0.717, 1.165) is 11.3 Å². The lowest BCUT2D eigenvalue weighted by Gasteiger charge is -2.08. The molecule has 128 valence electrons. The van der Waals surface area contributed by atoms with Gasteiger partial charge >= 0.3 is 0 Å². The van der Waals surface area contributed by atoms with Crippen molar-refractivity contribution in [3.05, 3.63) is 65.3 Å². The van der Waals surface area contributed by atoms with Crippen LogP contribution >= 0.6 is 11.3 Å². The molecule has 0 spiro atoms. The lowest BCUT2D eigenvalue weighted by atomic mass is 10.2. The number of aromatic nitrogens is 1. The van der Waals surface area contributed by atoms with Crippen molar-refractivity contribution in [2.24, 2.45) is 10.7 Å². The highest BCUT2D eigenvalue weighted by atomic mass is 32.1. The highest BCUT2D eigenvalue weighted by molar-refractivity contribution is 7.14. The Morgan fingerprint density at radius 1 is 1.24 bits per heavy atom. The summed E-state index contributed by atoms with van der Waals surface area (Å²) in [5, 5.41) is 5.49. The van der Waals surface area contributed by atoms with Crippen molar-refractivity contribution in [3.63, 3.8) is 0 Å². The van der Waals surface area contributed by atoms with Crippen LogP contribution in [0.4, 0.5) is 9.52 Å². The van der Waals surface area contributed by atoms with Crippen LogP contribution in [0.1, 0.15) is 5.56 Å². The van der Waals surface area contributed by atoms with Crippen molar-refractivity contribution >= 4 is 22.4 Å². The number of anilines is 1. The minimum absolute atomic E-state index is 0.0750. The number of thiazole rings is 1. The number of hydrogen-bond donors (Lipinski definition) is 2. The first-order valence-corrected chi connectivity index (χ1v) is 8.44. The molecule has 0 radical (unpaired) electrons. The standard InChI is InChI=1S/C18H17FN4OS/c1-24-16-9-5-8-14(19)13(16)10-21-17(20)23-18-22-15(11-25-18)12-6-3-2-4-7-12/h2-9,11H,10H2,1H3,(H3,20,21,22,23). The van der Waals surface area contributed by atoms with Gasteiger partial charge in [-0.3, -0.25) is 0 Å². The predicted octanol–water partition coefficient (Wildman–Crippen LogP) is 3.88. The van der Waals surface area contributed by atoms with E-state index in [9.17, 15) is 4.39 Å². The smallest absolute Gasteiger partial charge is 0.195 e. The van der Waals surface area contributed by atoms with Crippen LogP contribution in [0.25, 0.3) is 11.3 Å². The number of nitrogens with one attached hydrogen (secondary N) is 1. The Kier molecular flexibility index (Phi) is 5.25. The maximum absolute atomic E-state index is 13.9. The second-order valence-electron chi connectivity index (χ2n) is 5.15. The third kappa shape index (κ3) is 4.13. The number of benzene rings is 2. The van der Waals surface area contributed by atoms with Gasteiger partial charge in [0.15, 0.2) is 11.1 Å². The maximum Gasteiger partial charge on any atom is 0.195 e. The second kappa shape index (κ2) is 7.76. The molecule has 3 aromatic rings. The normalized spacial score (nSPS) is 11.4. The van der Waals surface area contributed by atoms with Gasteiger partial charge in [0.1, 0.15) is 11.6 Å². The molecule has 0 saturated heterocycles. The van der Waals surface area contributed by atoms with Crippen LogP contribution in [-0.4, -0.2) is 18.1 Å². The monoisotopic (exact) mass is 356 g/mol. The van der Waals surface area contributed by atoms with Crippen LogP contribution in [0.3, 0.4) is 0 Å². The Morgan fingerprint density at radius 2 is 2.04 bits per heavy atom. The largest absolute Gasteiger partial charge is 0.496 e. The van der Waals surface area contributed by atoms with E-state index < -0.39 is 0 Å². The maximum atomic E-state index is 13.9. The number of nitrogens with zero attached hydrogens (tertiary/aromatic N) is 2. The van der Waals surface area contributed by atoms with Gasteiger partial charge in [0.25, 0.3) is 0 Å². The zero-order valence-corrected chi connectivity index (χ0v) is 14.4. The summed E-state index contributed by atoms with van der Waals surface area (Å²) in [5.41, 5.74) is 8.13. The minimum Gasteiger partial charge on any atom is -0.496 e. The number of methoxy groups -OCH3 is 1. The molecule has 0 amide bonds. The molecular formula is C18H17FN4OS. The molecule has 0 aliphatic carbocycles. The minimum atomic E-state index is -0.378. The molecule has 25 heavy (non-hydrogen) atoms. The molecule has 0 atom stereocenters. The fourth-order valence-corrected chi connectivity index (χ4v) is 3.00. The van der Waals surface area contributed by atoms with E-state index in [1.165, 1.54) is 24.5 Å². The summed E-state index contributed by atoms with van der Waals surface area (Å²) in [6, 6.07) is 14.5. The molecule has 0 bridgehead atoms. The van der Waals surface area contributed by atoms with E-state index in [0.29, 0.717) is 16.4 Å². The lowest BCUT2D eigenvalue weighted by molar-refractivity contribution is 0.405. The van der Waals surface area contributed by atoms with Crippen LogP contribution < -0.4 is 15.8 Å². The van der Waals surface area contributed by atoms with Gasteiger partial charge in [-0.1, -0.05) is 36.4 Å². The topological polar surface area (TPSA) is 72.5 Å². The van der Waals surface area contributed by atoms with Crippen molar-refractivity contribution in [2.75, 3.05) is 12.4 Å². The van der Waals surface area contributed by atoms with E-state index >= 15 is 0 Å². The van der Waals surface area contributed by atoms with E-state index in [-0.39, 0.29) is 18.3 Å². The third-order valence-corrected chi connectivity index (χ3v) is 4.27. The summed E-state index contributed by atoms with van der Waals surface area (Å²) >= 11 is 1.42. The highest BCUT2D eigenvalue weighted by Crippen LogP contribution is 2.25. The Bertz CT molecular complexity index is 880. The van der Waals surface area contributed by atoms with Crippen LogP contribution in [0, 0.1) is 5.82 Å². The average Bonchev–Trinajstić information content (AvgIpc) is 3.09. The summed E-state index contributed by atoms with van der Waals surface area (Å²) in [4.78, 5) is 8.65. The Hall–Kier alpha value is -2.93. The Balaban J connectivity index is 1.70. The second-order valence-corrected chi connectivity index (χ2v) is 6.01. The molecule has 3 N–H and O–H groups in total. The fourth-order valence-electron chi connectivity index (χ4n) is 2.27. The summed E-state index contributed by atoms with van der Waals surface area (Å²) < 4.78 is 19.0. The predicted molar refractivity (Wildman–Crippen MR) is 99.5 cm³/mol. The number of ether oxygens (including phenoxy) is 1. The number of rotatable bonds is 5.